The van der Waals surface area contributed by atoms with E-state index in [0.29, 0.717) is 12.5 Å². The van der Waals surface area contributed by atoms with E-state index in [-0.39, 0.29) is 24.2 Å². The van der Waals surface area contributed by atoms with E-state index in [1.807, 2.05) is 50.2 Å². The number of carbonyl (C=O) groups excluding carboxylic acids is 2. The smallest absolute Gasteiger partial charge is 0.242 e. The molecular formula is C26H37N3O2. The van der Waals surface area contributed by atoms with Crippen molar-refractivity contribution in [3.8, 4) is 0 Å². The number of hydrogen-bond donors (Lipinski definition) is 2. The minimum absolute atomic E-state index is 0.0259. The van der Waals surface area contributed by atoms with Crippen molar-refractivity contribution in [3.05, 3.63) is 48.0 Å². The molecule has 0 saturated carbocycles. The van der Waals surface area contributed by atoms with E-state index >= 15 is 0 Å². The van der Waals surface area contributed by atoms with Crippen LogP contribution in [0.3, 0.4) is 0 Å². The summed E-state index contributed by atoms with van der Waals surface area (Å²) >= 11 is 0. The number of likely N-dealkylation sites (tertiary alicyclic amines) is 1. The molecule has 1 heterocycles. The second kappa shape index (κ2) is 11.3. The fourth-order valence-electron chi connectivity index (χ4n) is 4.33. The minimum atomic E-state index is -0.518. The molecule has 1 aliphatic rings. The number of rotatable bonds is 9. The molecule has 0 aliphatic carbocycles. The Kier molecular flexibility index (Phi) is 8.47. The van der Waals surface area contributed by atoms with Crippen molar-refractivity contribution in [3.63, 3.8) is 0 Å². The lowest BCUT2D eigenvalue weighted by atomic mass is 10.0. The molecule has 2 unspecified atom stereocenters. The van der Waals surface area contributed by atoms with Gasteiger partial charge in [-0.05, 0) is 54.1 Å². The van der Waals surface area contributed by atoms with Gasteiger partial charge in [0.15, 0.2) is 0 Å². The first kappa shape index (κ1) is 23.3. The Labute approximate surface area is 186 Å². The van der Waals surface area contributed by atoms with Crippen LogP contribution in [0.1, 0.15) is 45.6 Å². The molecule has 1 fully saturated rings. The monoisotopic (exact) mass is 423 g/mol. The molecule has 2 N–H and O–H groups in total. The Hall–Kier alpha value is -2.40. The van der Waals surface area contributed by atoms with Crippen LogP contribution in [0.2, 0.25) is 0 Å². The predicted octanol–water partition coefficient (Wildman–Crippen LogP) is 3.76. The maximum atomic E-state index is 12.8. The van der Waals surface area contributed by atoms with Crippen LogP contribution in [-0.2, 0) is 16.0 Å². The van der Waals surface area contributed by atoms with Crippen LogP contribution in [0.4, 0.5) is 0 Å². The third-order valence-electron chi connectivity index (χ3n) is 6.09. The van der Waals surface area contributed by atoms with Gasteiger partial charge in [0, 0.05) is 13.1 Å². The van der Waals surface area contributed by atoms with Gasteiger partial charge in [0.25, 0.3) is 0 Å². The number of hydrogen-bond acceptors (Lipinski definition) is 3. The molecule has 1 saturated heterocycles. The Morgan fingerprint density at radius 3 is 2.39 bits per heavy atom. The maximum absolute atomic E-state index is 12.8. The third-order valence-corrected chi connectivity index (χ3v) is 6.09. The first-order valence-corrected chi connectivity index (χ1v) is 11.7. The largest absolute Gasteiger partial charge is 0.354 e. The maximum Gasteiger partial charge on any atom is 0.242 e. The summed E-state index contributed by atoms with van der Waals surface area (Å²) in [6.07, 6.45) is 4.15. The normalized spacial score (nSPS) is 16.8. The quantitative estimate of drug-likeness (QED) is 0.646. The molecule has 168 valence electrons. The zero-order valence-electron chi connectivity index (χ0n) is 19.2. The van der Waals surface area contributed by atoms with Gasteiger partial charge in [-0.3, -0.25) is 9.59 Å². The van der Waals surface area contributed by atoms with Gasteiger partial charge in [-0.25, -0.2) is 0 Å². The summed E-state index contributed by atoms with van der Waals surface area (Å²) in [5.74, 6) is 0.207. The van der Waals surface area contributed by atoms with Crippen molar-refractivity contribution in [2.45, 2.75) is 52.5 Å². The molecule has 2 amide bonds. The van der Waals surface area contributed by atoms with Gasteiger partial charge in [0.05, 0.1) is 6.42 Å². The average molecular weight is 424 g/mol. The lowest BCUT2D eigenvalue weighted by molar-refractivity contribution is -0.129. The lowest BCUT2D eigenvalue weighted by Gasteiger charge is -2.29. The number of benzene rings is 2. The van der Waals surface area contributed by atoms with Crippen molar-refractivity contribution in [2.24, 2.45) is 11.8 Å². The SMILES string of the molecule is CC(CNC(=O)C(NC(=O)Cc1ccc2ccccc2c1)C(C)C)CN1CCCCC1. The van der Waals surface area contributed by atoms with Gasteiger partial charge in [-0.2, -0.15) is 0 Å². The van der Waals surface area contributed by atoms with Crippen molar-refractivity contribution in [2.75, 3.05) is 26.2 Å². The molecule has 2 aromatic carbocycles. The summed E-state index contributed by atoms with van der Waals surface area (Å²) in [4.78, 5) is 28.0. The molecule has 1 aliphatic heterocycles. The zero-order chi connectivity index (χ0) is 22.2. The topological polar surface area (TPSA) is 61.4 Å². The fraction of sp³-hybridized carbons (Fsp3) is 0.538. The first-order chi connectivity index (χ1) is 14.9. The van der Waals surface area contributed by atoms with E-state index in [1.165, 1.54) is 19.3 Å². The summed E-state index contributed by atoms with van der Waals surface area (Å²) in [7, 11) is 0. The van der Waals surface area contributed by atoms with E-state index in [1.54, 1.807) is 0 Å². The van der Waals surface area contributed by atoms with E-state index in [2.05, 4.69) is 28.5 Å². The van der Waals surface area contributed by atoms with Crippen LogP contribution in [0.15, 0.2) is 42.5 Å². The van der Waals surface area contributed by atoms with Crippen LogP contribution >= 0.6 is 0 Å². The molecule has 2 aromatic rings. The van der Waals surface area contributed by atoms with Crippen molar-refractivity contribution < 1.29 is 9.59 Å². The summed E-state index contributed by atoms with van der Waals surface area (Å²) in [6, 6.07) is 13.7. The minimum Gasteiger partial charge on any atom is -0.354 e. The van der Waals surface area contributed by atoms with Crippen LogP contribution in [0.25, 0.3) is 10.8 Å². The van der Waals surface area contributed by atoms with E-state index in [4.69, 9.17) is 0 Å². The standard InChI is InChI=1S/C26H37N3O2/c1-19(2)25(26(31)27-17-20(3)18-29-13-7-4-8-14-29)28-24(30)16-21-11-12-22-9-5-6-10-23(22)15-21/h5-6,9-12,15,19-20,25H,4,7-8,13-14,16-18H2,1-3H3,(H,27,31)(H,28,30). The Bertz CT molecular complexity index is 874. The molecule has 0 aromatic heterocycles. The van der Waals surface area contributed by atoms with Gasteiger partial charge in [0.1, 0.15) is 6.04 Å². The number of nitrogens with one attached hydrogen (secondary N) is 2. The Balaban J connectivity index is 1.50. The number of piperidine rings is 1. The van der Waals surface area contributed by atoms with E-state index < -0.39 is 6.04 Å². The van der Waals surface area contributed by atoms with Gasteiger partial charge in [-0.1, -0.05) is 69.7 Å². The first-order valence-electron chi connectivity index (χ1n) is 11.7. The highest BCUT2D eigenvalue weighted by atomic mass is 16.2. The number of carbonyl (C=O) groups is 2. The third kappa shape index (κ3) is 7.06. The van der Waals surface area contributed by atoms with Crippen LogP contribution in [-0.4, -0.2) is 48.9 Å². The lowest BCUT2D eigenvalue weighted by Crippen LogP contribution is -2.51. The van der Waals surface area contributed by atoms with Crippen LogP contribution in [0, 0.1) is 11.8 Å². The summed E-state index contributed by atoms with van der Waals surface area (Å²) in [6.45, 7) is 10.1. The van der Waals surface area contributed by atoms with Gasteiger partial charge < -0.3 is 15.5 Å². The molecule has 5 nitrogen and oxygen atoms in total. The molecule has 2 atom stereocenters. The van der Waals surface area contributed by atoms with Gasteiger partial charge in [0.2, 0.25) is 11.8 Å². The fourth-order valence-corrected chi connectivity index (χ4v) is 4.33. The highest BCUT2D eigenvalue weighted by Crippen LogP contribution is 2.16. The second-order valence-electron chi connectivity index (χ2n) is 9.36. The highest BCUT2D eigenvalue weighted by molar-refractivity contribution is 5.89. The number of fused-ring (bicyclic) bond motifs is 1. The van der Waals surface area contributed by atoms with Crippen molar-refractivity contribution >= 4 is 22.6 Å². The molecule has 31 heavy (non-hydrogen) atoms. The molecule has 3 rings (SSSR count). The van der Waals surface area contributed by atoms with Crippen molar-refractivity contribution in [1.29, 1.82) is 0 Å². The number of amides is 2. The summed E-state index contributed by atoms with van der Waals surface area (Å²) in [5.41, 5.74) is 0.953. The molecule has 0 radical (unpaired) electrons. The highest BCUT2D eigenvalue weighted by Gasteiger charge is 2.24. The van der Waals surface area contributed by atoms with Gasteiger partial charge >= 0.3 is 0 Å². The predicted molar refractivity (Wildman–Crippen MR) is 127 cm³/mol. The zero-order valence-corrected chi connectivity index (χ0v) is 19.2. The van der Waals surface area contributed by atoms with Crippen LogP contribution in [0.5, 0.6) is 0 Å². The summed E-state index contributed by atoms with van der Waals surface area (Å²) < 4.78 is 0. The molecule has 0 bridgehead atoms. The average Bonchev–Trinajstić information content (AvgIpc) is 2.76. The Morgan fingerprint density at radius 1 is 0.968 bits per heavy atom. The van der Waals surface area contributed by atoms with Crippen LogP contribution < -0.4 is 10.6 Å². The Morgan fingerprint density at radius 2 is 1.68 bits per heavy atom. The molecular weight excluding hydrogens is 386 g/mol. The van der Waals surface area contributed by atoms with Crippen molar-refractivity contribution in [1.82, 2.24) is 15.5 Å². The molecule has 0 spiro atoms. The van der Waals surface area contributed by atoms with E-state index in [0.717, 1.165) is 36.0 Å². The second-order valence-corrected chi connectivity index (χ2v) is 9.36. The summed E-state index contributed by atoms with van der Waals surface area (Å²) in [5, 5.41) is 8.30. The number of nitrogens with zero attached hydrogens (tertiary/aromatic N) is 1. The van der Waals surface area contributed by atoms with Gasteiger partial charge in [-0.15, -0.1) is 0 Å². The van der Waals surface area contributed by atoms with E-state index in [9.17, 15) is 9.59 Å². The molecule has 5 heteroatoms.